The number of carbonyl (C=O) groups excluding carboxylic acids is 1. The van der Waals surface area contributed by atoms with Crippen molar-refractivity contribution in [1.29, 1.82) is 0 Å². The molecule has 4 N–H and O–H groups in total. The standard InChI is InChI=1S/C3H4O3.C2H5NO2.Ni/c1-2(4)3(5)6;3-1-2(4)5;/h1H3,(H,5,6);1,3H2,(H,4,5);. The van der Waals surface area contributed by atoms with E-state index in [1.54, 1.807) is 0 Å². The van der Waals surface area contributed by atoms with Crippen molar-refractivity contribution in [3.63, 3.8) is 0 Å². The second-order valence-electron chi connectivity index (χ2n) is 1.46. The van der Waals surface area contributed by atoms with E-state index in [1.807, 2.05) is 0 Å². The third-order valence-corrected chi connectivity index (χ3v) is 0.476. The van der Waals surface area contributed by atoms with Gasteiger partial charge >= 0.3 is 11.9 Å². The molecular formula is C5H9NNiO5. The summed E-state index contributed by atoms with van der Waals surface area (Å²) in [7, 11) is 0. The van der Waals surface area contributed by atoms with Crippen molar-refractivity contribution in [2.24, 2.45) is 5.73 Å². The van der Waals surface area contributed by atoms with Gasteiger partial charge in [0.25, 0.3) is 0 Å². The van der Waals surface area contributed by atoms with E-state index in [4.69, 9.17) is 10.2 Å². The van der Waals surface area contributed by atoms with Gasteiger partial charge in [0.05, 0.1) is 6.54 Å². The van der Waals surface area contributed by atoms with Crippen LogP contribution in [0, 0.1) is 0 Å². The number of carboxylic acid groups (broad SMARTS) is 2. The van der Waals surface area contributed by atoms with Crippen molar-refractivity contribution in [3.8, 4) is 0 Å². The average Bonchev–Trinajstić information content (AvgIpc) is 1.89. The van der Waals surface area contributed by atoms with Gasteiger partial charge in [-0.3, -0.25) is 9.59 Å². The molecule has 0 aliphatic carbocycles. The van der Waals surface area contributed by atoms with E-state index < -0.39 is 17.7 Å². The largest absolute Gasteiger partial charge is 0.480 e. The number of carbonyl (C=O) groups is 3. The maximum absolute atomic E-state index is 9.54. The molecule has 0 amide bonds. The minimum atomic E-state index is -1.38. The van der Waals surface area contributed by atoms with E-state index in [0.29, 0.717) is 0 Å². The zero-order valence-corrected chi connectivity index (χ0v) is 7.21. The van der Waals surface area contributed by atoms with E-state index in [1.165, 1.54) is 0 Å². The summed E-state index contributed by atoms with van der Waals surface area (Å²) < 4.78 is 0. The Balaban J connectivity index is -0.000000126. The van der Waals surface area contributed by atoms with Crippen LogP contribution in [0.3, 0.4) is 0 Å². The molecule has 0 spiro atoms. The normalized spacial score (nSPS) is 6.83. The van der Waals surface area contributed by atoms with Gasteiger partial charge in [-0.15, -0.1) is 0 Å². The molecule has 0 saturated carbocycles. The van der Waals surface area contributed by atoms with E-state index in [9.17, 15) is 14.4 Å². The fourth-order valence-corrected chi connectivity index (χ4v) is 0. The van der Waals surface area contributed by atoms with Crippen molar-refractivity contribution >= 4 is 17.7 Å². The Morgan fingerprint density at radius 3 is 1.42 bits per heavy atom. The molecule has 0 heterocycles. The third kappa shape index (κ3) is 23.0. The second-order valence-corrected chi connectivity index (χ2v) is 1.46. The number of ketones is 1. The number of Topliss-reactive ketones (excluding diaryl/α,β-unsaturated/α-hetero) is 1. The molecule has 0 aromatic heterocycles. The van der Waals surface area contributed by atoms with Crippen LogP contribution >= 0.6 is 0 Å². The summed E-state index contributed by atoms with van der Waals surface area (Å²) >= 11 is 0. The molecule has 0 rings (SSSR count). The first-order valence-corrected chi connectivity index (χ1v) is 2.57. The second kappa shape index (κ2) is 10.1. The third-order valence-electron chi connectivity index (χ3n) is 0.476. The van der Waals surface area contributed by atoms with Crippen molar-refractivity contribution in [2.45, 2.75) is 6.92 Å². The molecule has 0 bridgehead atoms. The zero-order valence-electron chi connectivity index (χ0n) is 6.22. The Morgan fingerprint density at radius 2 is 1.42 bits per heavy atom. The smallest absolute Gasteiger partial charge is 0.371 e. The molecule has 6 nitrogen and oxygen atoms in total. The first kappa shape index (κ1) is 17.2. The van der Waals surface area contributed by atoms with Crippen LogP contribution in [0.1, 0.15) is 6.92 Å². The van der Waals surface area contributed by atoms with Crippen molar-refractivity contribution in [3.05, 3.63) is 0 Å². The molecule has 7 heteroatoms. The predicted octanol–water partition coefficient (Wildman–Crippen LogP) is -1.31. The minimum Gasteiger partial charge on any atom is -0.480 e. The molecular weight excluding hydrogens is 213 g/mol. The van der Waals surface area contributed by atoms with Crippen LogP contribution in [-0.4, -0.2) is 34.5 Å². The van der Waals surface area contributed by atoms with Crippen LogP contribution in [0.4, 0.5) is 0 Å². The summed E-state index contributed by atoms with van der Waals surface area (Å²) in [6.07, 6.45) is 0. The van der Waals surface area contributed by atoms with Gasteiger partial charge in [0.1, 0.15) is 0 Å². The SMILES string of the molecule is CC(=O)C(=O)O.NCC(=O)O.[Ni]. The zero-order chi connectivity index (χ0) is 9.44. The van der Waals surface area contributed by atoms with Gasteiger partial charge in [0.2, 0.25) is 5.78 Å². The summed E-state index contributed by atoms with van der Waals surface area (Å²) in [5, 5.41) is 15.2. The molecule has 0 atom stereocenters. The molecule has 0 aromatic carbocycles. The Labute approximate surface area is 78.7 Å². The van der Waals surface area contributed by atoms with Gasteiger partial charge in [0, 0.05) is 23.4 Å². The van der Waals surface area contributed by atoms with Gasteiger partial charge in [-0.2, -0.15) is 0 Å². The van der Waals surface area contributed by atoms with Crippen LogP contribution < -0.4 is 5.73 Å². The maximum Gasteiger partial charge on any atom is 0.371 e. The first-order chi connectivity index (χ1) is 4.91. The molecule has 0 aliphatic rings. The monoisotopic (exact) mass is 221 g/mol. The number of carboxylic acids is 2. The van der Waals surface area contributed by atoms with Gasteiger partial charge in [-0.1, -0.05) is 0 Å². The summed E-state index contributed by atoms with van der Waals surface area (Å²) in [5.74, 6) is -3.17. The summed E-state index contributed by atoms with van der Waals surface area (Å²) in [4.78, 5) is 28.1. The Bertz CT molecular complexity index is 157. The summed E-state index contributed by atoms with van der Waals surface area (Å²) in [6.45, 7) is 0.725. The molecule has 0 radical (unpaired) electrons. The van der Waals surface area contributed by atoms with E-state index in [2.05, 4.69) is 5.73 Å². The molecule has 0 aromatic rings. The van der Waals surface area contributed by atoms with Crippen LogP contribution in [0.5, 0.6) is 0 Å². The van der Waals surface area contributed by atoms with Crippen molar-refractivity contribution in [1.82, 2.24) is 0 Å². The topological polar surface area (TPSA) is 118 Å². The molecule has 12 heavy (non-hydrogen) atoms. The van der Waals surface area contributed by atoms with Crippen LogP contribution in [0.25, 0.3) is 0 Å². The van der Waals surface area contributed by atoms with Crippen LogP contribution in [0.2, 0.25) is 0 Å². The molecule has 0 saturated heterocycles. The number of aliphatic carboxylic acids is 2. The Kier molecular flexibility index (Phi) is 14.5. The fraction of sp³-hybridized carbons (Fsp3) is 0.400. The Morgan fingerprint density at radius 1 is 1.25 bits per heavy atom. The van der Waals surface area contributed by atoms with Crippen molar-refractivity contribution in [2.75, 3.05) is 6.54 Å². The maximum atomic E-state index is 9.54. The van der Waals surface area contributed by atoms with Crippen LogP contribution in [0.15, 0.2) is 0 Å². The van der Waals surface area contributed by atoms with Gasteiger partial charge < -0.3 is 15.9 Å². The molecule has 74 valence electrons. The van der Waals surface area contributed by atoms with Gasteiger partial charge in [-0.05, 0) is 0 Å². The van der Waals surface area contributed by atoms with E-state index in [-0.39, 0.29) is 23.0 Å². The minimum absolute atomic E-state index is 0. The molecule has 0 aliphatic heterocycles. The number of nitrogens with two attached hydrogens (primary N) is 1. The first-order valence-electron chi connectivity index (χ1n) is 2.57. The predicted molar refractivity (Wildman–Crippen MR) is 35.0 cm³/mol. The van der Waals surface area contributed by atoms with E-state index in [0.717, 1.165) is 6.92 Å². The number of hydrogen-bond acceptors (Lipinski definition) is 4. The fourth-order valence-electron chi connectivity index (χ4n) is 0. The average molecular weight is 222 g/mol. The van der Waals surface area contributed by atoms with Crippen molar-refractivity contribution < 1.29 is 41.1 Å². The quantitative estimate of drug-likeness (QED) is 0.394. The van der Waals surface area contributed by atoms with Gasteiger partial charge in [0.15, 0.2) is 0 Å². The Hall–Kier alpha value is -0.936. The molecule has 0 fully saturated rings. The summed E-state index contributed by atoms with van der Waals surface area (Å²) in [6, 6.07) is 0. The molecule has 0 unspecified atom stereocenters. The van der Waals surface area contributed by atoms with Crippen LogP contribution in [-0.2, 0) is 30.9 Å². The van der Waals surface area contributed by atoms with E-state index >= 15 is 0 Å². The van der Waals surface area contributed by atoms with Gasteiger partial charge in [-0.25, -0.2) is 4.79 Å². The number of hydrogen-bond donors (Lipinski definition) is 3. The summed E-state index contributed by atoms with van der Waals surface area (Å²) in [5.41, 5.74) is 4.57. The number of rotatable bonds is 2.